The molecule has 4 rings (SSSR count). The summed E-state index contributed by atoms with van der Waals surface area (Å²) < 4.78 is 13.6. The van der Waals surface area contributed by atoms with Gasteiger partial charge in [0.1, 0.15) is 17.5 Å². The number of piperidine rings is 1. The van der Waals surface area contributed by atoms with E-state index in [-0.39, 0.29) is 49.0 Å². The van der Waals surface area contributed by atoms with Crippen LogP contribution in [0.3, 0.4) is 0 Å². The molecule has 32 heavy (non-hydrogen) atoms. The standard InChI is InChI=1S/C23H26FN5O3/c1-14-19-10-20(31)29(12-16-5-3-7-18(24)9-16)23(19)27-22(26-14)17-6-4-8-28(13-17)21(32)11-25-15(2)30/h3,5,7,9,17H,4,6,8,10-13H2,1-2H3,(H,25,30)/t17-/m1/s1. The Kier molecular flexibility index (Phi) is 6.16. The van der Waals surface area contributed by atoms with Crippen molar-refractivity contribution < 1.29 is 18.8 Å². The van der Waals surface area contributed by atoms with E-state index in [1.807, 2.05) is 6.92 Å². The molecular formula is C23H26FN5O3. The summed E-state index contributed by atoms with van der Waals surface area (Å²) in [6.07, 6.45) is 1.87. The number of nitrogens with one attached hydrogen (secondary N) is 1. The molecule has 1 aromatic carbocycles. The summed E-state index contributed by atoms with van der Waals surface area (Å²) in [5.74, 6) is 0.314. The van der Waals surface area contributed by atoms with Gasteiger partial charge in [-0.25, -0.2) is 14.4 Å². The zero-order valence-corrected chi connectivity index (χ0v) is 18.2. The maximum absolute atomic E-state index is 13.6. The number of aryl methyl sites for hydroxylation is 1. The number of likely N-dealkylation sites (tertiary alicyclic amines) is 1. The minimum Gasteiger partial charge on any atom is -0.347 e. The van der Waals surface area contributed by atoms with E-state index in [9.17, 15) is 18.8 Å². The van der Waals surface area contributed by atoms with Gasteiger partial charge in [-0.15, -0.1) is 0 Å². The first kappa shape index (κ1) is 21.9. The summed E-state index contributed by atoms with van der Waals surface area (Å²) in [4.78, 5) is 49.0. The molecule has 0 radical (unpaired) electrons. The first-order valence-electron chi connectivity index (χ1n) is 10.8. The first-order chi connectivity index (χ1) is 15.3. The van der Waals surface area contributed by atoms with Gasteiger partial charge in [0.25, 0.3) is 0 Å². The number of nitrogens with zero attached hydrogens (tertiary/aromatic N) is 4. The average Bonchev–Trinajstić information content (AvgIpc) is 3.08. The van der Waals surface area contributed by atoms with Crippen LogP contribution in [0.2, 0.25) is 0 Å². The molecule has 0 saturated carbocycles. The van der Waals surface area contributed by atoms with Crippen molar-refractivity contribution >= 4 is 23.5 Å². The summed E-state index contributed by atoms with van der Waals surface area (Å²) in [6.45, 7) is 4.56. The molecule has 2 aliphatic rings. The lowest BCUT2D eigenvalue weighted by atomic mass is 9.96. The number of benzene rings is 1. The van der Waals surface area contributed by atoms with Gasteiger partial charge in [-0.05, 0) is 37.5 Å². The van der Waals surface area contributed by atoms with Crippen LogP contribution in [0.5, 0.6) is 0 Å². The number of anilines is 1. The Labute approximate surface area is 185 Å². The Hall–Kier alpha value is -3.36. The SMILES string of the molecule is CC(=O)NCC(=O)N1CCC[C@@H](c2nc(C)c3c(n2)N(Cc2cccc(F)c2)C(=O)C3)C1. The first-order valence-corrected chi connectivity index (χ1v) is 10.8. The number of rotatable bonds is 5. The molecule has 2 aliphatic heterocycles. The van der Waals surface area contributed by atoms with Crippen LogP contribution < -0.4 is 10.2 Å². The van der Waals surface area contributed by atoms with Crippen LogP contribution in [0.15, 0.2) is 24.3 Å². The van der Waals surface area contributed by atoms with E-state index >= 15 is 0 Å². The fraction of sp³-hybridized carbons (Fsp3) is 0.435. The number of hydrogen-bond donors (Lipinski definition) is 1. The lowest BCUT2D eigenvalue weighted by molar-refractivity contribution is -0.133. The highest BCUT2D eigenvalue weighted by atomic mass is 19.1. The van der Waals surface area contributed by atoms with Gasteiger partial charge in [0.05, 0.1) is 19.5 Å². The van der Waals surface area contributed by atoms with Gasteiger partial charge in [0.2, 0.25) is 17.7 Å². The van der Waals surface area contributed by atoms with Crippen molar-refractivity contribution in [1.29, 1.82) is 0 Å². The van der Waals surface area contributed by atoms with Crippen molar-refractivity contribution in [2.24, 2.45) is 0 Å². The molecule has 2 aromatic rings. The topological polar surface area (TPSA) is 95.5 Å². The molecule has 0 aliphatic carbocycles. The summed E-state index contributed by atoms with van der Waals surface area (Å²) in [5.41, 5.74) is 2.24. The van der Waals surface area contributed by atoms with Crippen molar-refractivity contribution in [3.8, 4) is 0 Å². The second-order valence-corrected chi connectivity index (χ2v) is 8.34. The maximum atomic E-state index is 13.6. The zero-order chi connectivity index (χ0) is 22.8. The minimum absolute atomic E-state index is 0.0258. The molecule has 9 heteroatoms. The second kappa shape index (κ2) is 9.02. The predicted octanol–water partition coefficient (Wildman–Crippen LogP) is 1.86. The van der Waals surface area contributed by atoms with E-state index in [0.717, 1.165) is 24.1 Å². The van der Waals surface area contributed by atoms with E-state index in [1.54, 1.807) is 21.9 Å². The van der Waals surface area contributed by atoms with Crippen LogP contribution in [-0.4, -0.2) is 52.2 Å². The van der Waals surface area contributed by atoms with Crippen LogP contribution in [0.1, 0.15) is 48.3 Å². The van der Waals surface area contributed by atoms with Crippen molar-refractivity contribution in [3.63, 3.8) is 0 Å². The molecule has 1 atom stereocenters. The van der Waals surface area contributed by atoms with Crippen molar-refractivity contribution in [3.05, 3.63) is 52.7 Å². The smallest absolute Gasteiger partial charge is 0.241 e. The second-order valence-electron chi connectivity index (χ2n) is 8.34. The third kappa shape index (κ3) is 4.61. The van der Waals surface area contributed by atoms with Gasteiger partial charge >= 0.3 is 0 Å². The Morgan fingerprint density at radius 2 is 2.09 bits per heavy atom. The van der Waals surface area contributed by atoms with Gasteiger partial charge in [-0.3, -0.25) is 19.3 Å². The molecule has 1 saturated heterocycles. The summed E-state index contributed by atoms with van der Waals surface area (Å²) in [6, 6.07) is 6.19. The van der Waals surface area contributed by atoms with Crippen molar-refractivity contribution in [2.75, 3.05) is 24.5 Å². The number of amides is 3. The van der Waals surface area contributed by atoms with Crippen molar-refractivity contribution in [1.82, 2.24) is 20.2 Å². The molecular weight excluding hydrogens is 413 g/mol. The van der Waals surface area contributed by atoms with E-state index < -0.39 is 0 Å². The molecule has 3 heterocycles. The molecule has 168 valence electrons. The number of carbonyl (C=O) groups is 3. The number of carbonyl (C=O) groups excluding carboxylic acids is 3. The highest BCUT2D eigenvalue weighted by Crippen LogP contribution is 2.33. The van der Waals surface area contributed by atoms with Gasteiger partial charge in [0, 0.05) is 37.2 Å². The molecule has 3 amide bonds. The average molecular weight is 439 g/mol. The molecule has 1 aromatic heterocycles. The Morgan fingerprint density at radius 3 is 2.84 bits per heavy atom. The Bertz CT molecular complexity index is 1070. The normalized spacial score (nSPS) is 18.0. The minimum atomic E-state index is -0.347. The number of halogens is 1. The fourth-order valence-electron chi connectivity index (χ4n) is 4.29. The summed E-state index contributed by atoms with van der Waals surface area (Å²) in [7, 11) is 0. The lowest BCUT2D eigenvalue weighted by Gasteiger charge is -2.32. The van der Waals surface area contributed by atoms with Gasteiger partial charge in [-0.1, -0.05) is 12.1 Å². The lowest BCUT2D eigenvalue weighted by Crippen LogP contribution is -2.44. The van der Waals surface area contributed by atoms with E-state index in [2.05, 4.69) is 10.3 Å². The highest BCUT2D eigenvalue weighted by molar-refractivity contribution is 6.00. The van der Waals surface area contributed by atoms with Gasteiger partial charge in [0.15, 0.2) is 0 Å². The third-order valence-electron chi connectivity index (χ3n) is 5.95. The Morgan fingerprint density at radius 1 is 1.28 bits per heavy atom. The van der Waals surface area contributed by atoms with Crippen LogP contribution in [0.25, 0.3) is 0 Å². The largest absolute Gasteiger partial charge is 0.347 e. The molecule has 1 N–H and O–H groups in total. The molecule has 1 fully saturated rings. The monoisotopic (exact) mass is 439 g/mol. The van der Waals surface area contributed by atoms with Crippen molar-refractivity contribution in [2.45, 2.75) is 45.6 Å². The third-order valence-corrected chi connectivity index (χ3v) is 5.95. The quantitative estimate of drug-likeness (QED) is 0.767. The zero-order valence-electron chi connectivity index (χ0n) is 18.2. The van der Waals surface area contributed by atoms with E-state index in [4.69, 9.17) is 4.98 Å². The van der Waals surface area contributed by atoms with Crippen LogP contribution >= 0.6 is 0 Å². The Balaban J connectivity index is 1.56. The van der Waals surface area contributed by atoms with E-state index in [1.165, 1.54) is 19.1 Å². The van der Waals surface area contributed by atoms with Crippen LogP contribution in [-0.2, 0) is 27.3 Å². The van der Waals surface area contributed by atoms with Crippen LogP contribution in [0.4, 0.5) is 10.2 Å². The molecule has 0 spiro atoms. The summed E-state index contributed by atoms with van der Waals surface area (Å²) >= 11 is 0. The maximum Gasteiger partial charge on any atom is 0.241 e. The van der Waals surface area contributed by atoms with Gasteiger partial charge < -0.3 is 10.2 Å². The van der Waals surface area contributed by atoms with Crippen LogP contribution in [0, 0.1) is 12.7 Å². The van der Waals surface area contributed by atoms with E-state index in [0.29, 0.717) is 30.3 Å². The molecule has 0 bridgehead atoms. The number of fused-ring (bicyclic) bond motifs is 1. The number of aromatic nitrogens is 2. The highest BCUT2D eigenvalue weighted by Gasteiger charge is 2.34. The molecule has 0 unspecified atom stereocenters. The fourth-order valence-corrected chi connectivity index (χ4v) is 4.29. The number of hydrogen-bond acceptors (Lipinski definition) is 5. The summed E-state index contributed by atoms with van der Waals surface area (Å²) in [5, 5.41) is 2.55. The molecule has 8 nitrogen and oxygen atoms in total. The predicted molar refractivity (Wildman–Crippen MR) is 115 cm³/mol. The van der Waals surface area contributed by atoms with Gasteiger partial charge in [-0.2, -0.15) is 0 Å².